The molecule has 0 unspecified atom stereocenters. The van der Waals surface area contributed by atoms with Crippen LogP contribution in [0.1, 0.15) is 62.5 Å². The number of ether oxygens (including phenoxy) is 2. The lowest BCUT2D eigenvalue weighted by atomic mass is 9.83. The van der Waals surface area contributed by atoms with E-state index in [9.17, 15) is 13.2 Å². The summed E-state index contributed by atoms with van der Waals surface area (Å²) < 4.78 is 38.4. The second-order valence-electron chi connectivity index (χ2n) is 10.8. The minimum absolute atomic E-state index is 0.0270. The van der Waals surface area contributed by atoms with Gasteiger partial charge in [0.25, 0.3) is 0 Å². The van der Waals surface area contributed by atoms with Crippen LogP contribution in [0.3, 0.4) is 0 Å². The number of rotatable bonds is 13. The zero-order valence-electron chi connectivity index (χ0n) is 23.5. The van der Waals surface area contributed by atoms with Crippen LogP contribution in [-0.2, 0) is 19.6 Å². The van der Waals surface area contributed by atoms with E-state index >= 15 is 0 Å². The third-order valence-corrected chi connectivity index (χ3v) is 10.3. The van der Waals surface area contributed by atoms with Gasteiger partial charge in [0.1, 0.15) is 12.4 Å². The highest BCUT2D eigenvalue weighted by Crippen LogP contribution is 2.31. The zero-order valence-corrected chi connectivity index (χ0v) is 24.3. The molecule has 1 amide bonds. The molecule has 0 N–H and O–H groups in total. The van der Waals surface area contributed by atoms with Crippen LogP contribution in [0.15, 0.2) is 17.0 Å². The first-order valence-corrected chi connectivity index (χ1v) is 15.2. The molecule has 0 atom stereocenters. The Labute approximate surface area is 224 Å². The Kier molecular flexibility index (Phi) is 11.2. The van der Waals surface area contributed by atoms with E-state index in [0.29, 0.717) is 21.8 Å². The summed E-state index contributed by atoms with van der Waals surface area (Å²) in [6, 6.07) is 3.72. The number of hydrogen-bond donors (Lipinski definition) is 0. The average Bonchev–Trinajstić information content (AvgIpc) is 3.39. The number of sulfonamides is 1. The van der Waals surface area contributed by atoms with Gasteiger partial charge in [-0.25, -0.2) is 8.42 Å². The standard InChI is InChI=1S/C28H47N3O5S/c1-22-19-26(35-5)20-23(2)28(22)37(33,34)29(3)17-18-36-21-27(32)30(4)25-12-10-24(11-13-25)9-8-16-31-14-6-7-15-31/h19-20,24-25H,6-18,21H2,1-5H3. The van der Waals surface area contributed by atoms with Crippen LogP contribution in [0.4, 0.5) is 0 Å². The van der Waals surface area contributed by atoms with E-state index in [1.165, 1.54) is 62.5 Å². The maximum atomic E-state index is 13.1. The third-order valence-electron chi connectivity index (χ3n) is 8.16. The fourth-order valence-corrected chi connectivity index (χ4v) is 7.36. The molecule has 37 heavy (non-hydrogen) atoms. The lowest BCUT2D eigenvalue weighted by Gasteiger charge is -2.35. The molecule has 1 aromatic rings. The summed E-state index contributed by atoms with van der Waals surface area (Å²) in [6.45, 7) is 7.63. The van der Waals surface area contributed by atoms with Crippen LogP contribution in [0.25, 0.3) is 0 Å². The van der Waals surface area contributed by atoms with Crippen LogP contribution < -0.4 is 4.74 Å². The number of amides is 1. The van der Waals surface area contributed by atoms with Crippen LogP contribution in [0.5, 0.6) is 5.75 Å². The number of carbonyl (C=O) groups is 1. The van der Waals surface area contributed by atoms with Gasteiger partial charge in [0.15, 0.2) is 0 Å². The molecule has 3 rings (SSSR count). The SMILES string of the molecule is COc1cc(C)c(S(=O)(=O)N(C)CCOCC(=O)N(C)C2CCC(CCCN3CCCC3)CC2)c(C)c1. The van der Waals surface area contributed by atoms with Crippen LogP contribution >= 0.6 is 0 Å². The van der Waals surface area contributed by atoms with Gasteiger partial charge in [0.2, 0.25) is 15.9 Å². The first-order valence-electron chi connectivity index (χ1n) is 13.8. The summed E-state index contributed by atoms with van der Waals surface area (Å²) in [5.74, 6) is 1.38. The number of likely N-dealkylation sites (N-methyl/N-ethyl adjacent to an activating group) is 2. The zero-order chi connectivity index (χ0) is 27.0. The minimum Gasteiger partial charge on any atom is -0.497 e. The summed E-state index contributed by atoms with van der Waals surface area (Å²) >= 11 is 0. The summed E-state index contributed by atoms with van der Waals surface area (Å²) in [4.78, 5) is 17.4. The van der Waals surface area contributed by atoms with Crippen molar-refractivity contribution in [2.45, 2.75) is 76.2 Å². The molecule has 1 saturated carbocycles. The summed E-state index contributed by atoms with van der Waals surface area (Å²) in [7, 11) is 1.30. The second-order valence-corrected chi connectivity index (χ2v) is 12.8. The molecule has 0 spiro atoms. The summed E-state index contributed by atoms with van der Waals surface area (Å²) in [5, 5.41) is 0. The Morgan fingerprint density at radius 3 is 2.27 bits per heavy atom. The number of likely N-dealkylation sites (tertiary alicyclic amines) is 1. The highest BCUT2D eigenvalue weighted by molar-refractivity contribution is 7.89. The first kappa shape index (κ1) is 29.9. The monoisotopic (exact) mass is 537 g/mol. The highest BCUT2D eigenvalue weighted by Gasteiger charge is 2.28. The van der Waals surface area contributed by atoms with Crippen molar-refractivity contribution in [3.63, 3.8) is 0 Å². The minimum atomic E-state index is -3.68. The van der Waals surface area contributed by atoms with Gasteiger partial charge in [-0.15, -0.1) is 0 Å². The van der Waals surface area contributed by atoms with Gasteiger partial charge >= 0.3 is 0 Å². The van der Waals surface area contributed by atoms with E-state index in [-0.39, 0.29) is 31.7 Å². The quantitative estimate of drug-likeness (QED) is 0.356. The second kappa shape index (κ2) is 13.9. The number of carbonyl (C=O) groups excluding carboxylic acids is 1. The van der Waals surface area contributed by atoms with Crippen LogP contribution in [0, 0.1) is 19.8 Å². The molecule has 1 saturated heterocycles. The van der Waals surface area contributed by atoms with E-state index in [1.54, 1.807) is 40.1 Å². The smallest absolute Gasteiger partial charge is 0.248 e. The number of hydrogen-bond acceptors (Lipinski definition) is 6. The molecule has 1 heterocycles. The van der Waals surface area contributed by atoms with E-state index < -0.39 is 10.0 Å². The van der Waals surface area contributed by atoms with E-state index in [1.807, 2.05) is 11.9 Å². The van der Waals surface area contributed by atoms with Gasteiger partial charge < -0.3 is 19.3 Å². The molecule has 1 aromatic carbocycles. The molecular formula is C28H47N3O5S. The third kappa shape index (κ3) is 8.15. The van der Waals surface area contributed by atoms with Crippen molar-refractivity contribution >= 4 is 15.9 Å². The predicted molar refractivity (Wildman–Crippen MR) is 147 cm³/mol. The Morgan fingerprint density at radius 1 is 1.05 bits per heavy atom. The normalized spacial score (nSPS) is 20.9. The highest BCUT2D eigenvalue weighted by atomic mass is 32.2. The number of benzene rings is 1. The Hall–Kier alpha value is -1.68. The van der Waals surface area contributed by atoms with E-state index in [0.717, 1.165) is 18.8 Å². The number of nitrogens with zero attached hydrogens (tertiary/aromatic N) is 3. The molecule has 9 heteroatoms. The predicted octanol–water partition coefficient (Wildman–Crippen LogP) is 3.84. The van der Waals surface area contributed by atoms with Crippen molar-refractivity contribution in [1.29, 1.82) is 0 Å². The topological polar surface area (TPSA) is 79.4 Å². The maximum absolute atomic E-state index is 13.1. The van der Waals surface area contributed by atoms with Gasteiger partial charge in [0.05, 0.1) is 18.6 Å². The van der Waals surface area contributed by atoms with Gasteiger partial charge in [-0.05, 0) is 114 Å². The molecule has 0 aromatic heterocycles. The number of methoxy groups -OCH3 is 1. The van der Waals surface area contributed by atoms with Gasteiger partial charge in [-0.1, -0.05) is 0 Å². The van der Waals surface area contributed by atoms with Crippen molar-refractivity contribution in [3.05, 3.63) is 23.3 Å². The van der Waals surface area contributed by atoms with Gasteiger partial charge in [-0.3, -0.25) is 4.79 Å². The molecule has 210 valence electrons. The first-order chi connectivity index (χ1) is 17.6. The molecule has 2 fully saturated rings. The number of aryl methyl sites for hydroxylation is 2. The van der Waals surface area contributed by atoms with Gasteiger partial charge in [0, 0.05) is 26.7 Å². The Bertz CT molecular complexity index is 963. The Balaban J connectivity index is 1.36. The van der Waals surface area contributed by atoms with Crippen LogP contribution in [0.2, 0.25) is 0 Å². The maximum Gasteiger partial charge on any atom is 0.248 e. The van der Waals surface area contributed by atoms with E-state index in [4.69, 9.17) is 9.47 Å². The van der Waals surface area contributed by atoms with Crippen molar-refractivity contribution in [1.82, 2.24) is 14.1 Å². The van der Waals surface area contributed by atoms with E-state index in [2.05, 4.69) is 4.90 Å². The van der Waals surface area contributed by atoms with Gasteiger partial charge in [-0.2, -0.15) is 4.31 Å². The molecule has 2 aliphatic rings. The summed E-state index contributed by atoms with van der Waals surface area (Å²) in [5.41, 5.74) is 1.28. The molecular weight excluding hydrogens is 490 g/mol. The largest absolute Gasteiger partial charge is 0.497 e. The molecule has 0 bridgehead atoms. The molecule has 1 aliphatic carbocycles. The lowest BCUT2D eigenvalue weighted by molar-refractivity contribution is -0.137. The molecule has 1 aliphatic heterocycles. The molecule has 0 radical (unpaired) electrons. The van der Waals surface area contributed by atoms with Crippen molar-refractivity contribution in [2.75, 3.05) is 60.6 Å². The van der Waals surface area contributed by atoms with Crippen molar-refractivity contribution < 1.29 is 22.7 Å². The fraction of sp³-hybridized carbons (Fsp3) is 0.750. The Morgan fingerprint density at radius 2 is 1.68 bits per heavy atom. The molecule has 8 nitrogen and oxygen atoms in total. The fourth-order valence-electron chi connectivity index (χ4n) is 5.80. The van der Waals surface area contributed by atoms with Crippen LogP contribution in [-0.4, -0.2) is 95.1 Å². The summed E-state index contributed by atoms with van der Waals surface area (Å²) in [6.07, 6.45) is 9.79. The van der Waals surface area contributed by atoms with Crippen molar-refractivity contribution in [2.24, 2.45) is 5.92 Å². The van der Waals surface area contributed by atoms with Crippen molar-refractivity contribution in [3.8, 4) is 5.75 Å². The average molecular weight is 538 g/mol. The lowest BCUT2D eigenvalue weighted by Crippen LogP contribution is -2.41.